The third-order valence-electron chi connectivity index (χ3n) is 5.44. The topological polar surface area (TPSA) is 40.1 Å². The molecule has 26 heavy (non-hydrogen) atoms. The van der Waals surface area contributed by atoms with Crippen LogP contribution in [0.5, 0.6) is 0 Å². The maximum Gasteiger partial charge on any atom is 0.194 e. The average molecular weight is 399 g/mol. The fraction of sp³-hybridized carbons (Fsp3) is 0.737. The molecule has 2 saturated heterocycles. The Hall–Kier alpha value is -0.820. The first kappa shape index (κ1) is 19.9. The molecule has 7 heteroatoms. The number of hydrogen-bond acceptors (Lipinski definition) is 4. The molecule has 0 aromatic carbocycles. The quantitative estimate of drug-likeness (QED) is 0.588. The minimum absolute atomic E-state index is 0.169. The molecule has 2 fully saturated rings. The molecule has 0 atom stereocenters. The lowest BCUT2D eigenvalue weighted by atomic mass is 9.88. The number of halogens is 1. The average Bonchev–Trinajstić information content (AvgIpc) is 3.31. The van der Waals surface area contributed by atoms with Crippen molar-refractivity contribution in [2.45, 2.75) is 44.7 Å². The third-order valence-corrected chi connectivity index (χ3v) is 6.66. The number of nitrogens with zero attached hydrogens (tertiary/aromatic N) is 3. The van der Waals surface area contributed by atoms with Crippen LogP contribution in [0.25, 0.3) is 0 Å². The van der Waals surface area contributed by atoms with Gasteiger partial charge in [-0.15, -0.1) is 11.3 Å². The molecule has 1 N–H and O–H groups in total. The minimum Gasteiger partial charge on any atom is -0.381 e. The highest BCUT2D eigenvalue weighted by molar-refractivity contribution is 7.16. The Morgan fingerprint density at radius 1 is 1.35 bits per heavy atom. The zero-order chi connectivity index (χ0) is 18.4. The lowest BCUT2D eigenvalue weighted by Crippen LogP contribution is -2.54. The predicted octanol–water partition coefficient (Wildman–Crippen LogP) is 3.44. The number of likely N-dealkylation sites (tertiary alicyclic amines) is 1. The molecule has 146 valence electrons. The number of ether oxygens (including phenoxy) is 1. The highest BCUT2D eigenvalue weighted by Gasteiger charge is 2.39. The van der Waals surface area contributed by atoms with Crippen molar-refractivity contribution in [1.82, 2.24) is 15.1 Å². The van der Waals surface area contributed by atoms with Crippen LogP contribution in [0.1, 0.15) is 37.5 Å². The summed E-state index contributed by atoms with van der Waals surface area (Å²) in [4.78, 5) is 11.2. The summed E-state index contributed by atoms with van der Waals surface area (Å²) < 4.78 is 6.49. The van der Waals surface area contributed by atoms with E-state index < -0.39 is 0 Å². The van der Waals surface area contributed by atoms with Gasteiger partial charge >= 0.3 is 0 Å². The monoisotopic (exact) mass is 398 g/mol. The lowest BCUT2D eigenvalue weighted by molar-refractivity contribution is -0.0139. The Kier molecular flexibility index (Phi) is 7.20. The largest absolute Gasteiger partial charge is 0.381 e. The summed E-state index contributed by atoms with van der Waals surface area (Å²) >= 11 is 7.71. The molecule has 2 aliphatic rings. The van der Waals surface area contributed by atoms with Gasteiger partial charge in [0.05, 0.1) is 17.4 Å². The van der Waals surface area contributed by atoms with Crippen LogP contribution in [0.4, 0.5) is 0 Å². The van der Waals surface area contributed by atoms with Gasteiger partial charge in [0.1, 0.15) is 0 Å². The zero-order valence-electron chi connectivity index (χ0n) is 16.0. The fourth-order valence-electron chi connectivity index (χ4n) is 3.95. The molecular formula is C19H31ClN4OS. The van der Waals surface area contributed by atoms with E-state index >= 15 is 0 Å². The Bertz CT molecular complexity index is 594. The van der Waals surface area contributed by atoms with E-state index in [4.69, 9.17) is 21.3 Å². The molecule has 0 radical (unpaired) electrons. The second-order valence-electron chi connectivity index (χ2n) is 7.26. The van der Waals surface area contributed by atoms with E-state index in [1.807, 2.05) is 6.07 Å². The Labute approximate surface area is 166 Å². The van der Waals surface area contributed by atoms with Crippen molar-refractivity contribution in [2.24, 2.45) is 4.99 Å². The van der Waals surface area contributed by atoms with Crippen molar-refractivity contribution in [3.8, 4) is 0 Å². The maximum absolute atomic E-state index is 6.08. The first-order valence-electron chi connectivity index (χ1n) is 9.69. The predicted molar refractivity (Wildman–Crippen MR) is 110 cm³/mol. The molecule has 0 saturated carbocycles. The molecule has 3 rings (SSSR count). The Balaban J connectivity index is 1.71. The van der Waals surface area contributed by atoms with Gasteiger partial charge in [-0.25, -0.2) is 0 Å². The maximum atomic E-state index is 6.08. The molecule has 0 unspecified atom stereocenters. The van der Waals surface area contributed by atoms with E-state index in [0.29, 0.717) is 0 Å². The standard InChI is InChI=1S/C19H31ClN4OS/c1-3-21-18(23(2)14-16-6-7-17(20)26-16)22-15-19(8-12-25-13-9-19)24-10-4-5-11-24/h6-7H,3-5,8-15H2,1-2H3,(H,21,22). The van der Waals surface area contributed by atoms with Gasteiger partial charge in [0.25, 0.3) is 0 Å². The van der Waals surface area contributed by atoms with Crippen LogP contribution in [0.3, 0.4) is 0 Å². The van der Waals surface area contributed by atoms with Crippen LogP contribution >= 0.6 is 22.9 Å². The molecule has 0 amide bonds. The van der Waals surface area contributed by atoms with E-state index in [9.17, 15) is 0 Å². The zero-order valence-corrected chi connectivity index (χ0v) is 17.5. The molecule has 0 bridgehead atoms. The molecular weight excluding hydrogens is 368 g/mol. The van der Waals surface area contributed by atoms with Crippen LogP contribution in [-0.4, -0.2) is 67.7 Å². The summed E-state index contributed by atoms with van der Waals surface area (Å²) in [6, 6.07) is 4.06. The van der Waals surface area contributed by atoms with Crippen LogP contribution in [-0.2, 0) is 11.3 Å². The second-order valence-corrected chi connectivity index (χ2v) is 9.06. The number of nitrogens with one attached hydrogen (secondary N) is 1. The number of hydrogen-bond donors (Lipinski definition) is 1. The van der Waals surface area contributed by atoms with Crippen molar-refractivity contribution in [1.29, 1.82) is 0 Å². The summed E-state index contributed by atoms with van der Waals surface area (Å²) in [6.07, 6.45) is 4.79. The molecule has 0 spiro atoms. The van der Waals surface area contributed by atoms with Crippen LogP contribution in [0.15, 0.2) is 17.1 Å². The Morgan fingerprint density at radius 2 is 2.08 bits per heavy atom. The molecule has 3 heterocycles. The molecule has 0 aliphatic carbocycles. The normalized spacial score (nSPS) is 21.1. The third kappa shape index (κ3) is 4.91. The summed E-state index contributed by atoms with van der Waals surface area (Å²) in [5.74, 6) is 0.974. The highest BCUT2D eigenvalue weighted by Crippen LogP contribution is 2.31. The van der Waals surface area contributed by atoms with Crippen LogP contribution in [0, 0.1) is 0 Å². The van der Waals surface area contributed by atoms with Crippen LogP contribution in [0.2, 0.25) is 4.34 Å². The molecule has 5 nitrogen and oxygen atoms in total. The van der Waals surface area contributed by atoms with Crippen molar-refractivity contribution in [2.75, 3.05) is 46.4 Å². The van der Waals surface area contributed by atoms with Crippen molar-refractivity contribution in [3.63, 3.8) is 0 Å². The second kappa shape index (κ2) is 9.40. The van der Waals surface area contributed by atoms with Gasteiger partial charge in [-0.1, -0.05) is 11.6 Å². The number of guanidine groups is 1. The summed E-state index contributed by atoms with van der Waals surface area (Å²) in [7, 11) is 2.10. The number of rotatable bonds is 6. The van der Waals surface area contributed by atoms with Gasteiger partial charge in [0.15, 0.2) is 5.96 Å². The smallest absolute Gasteiger partial charge is 0.194 e. The van der Waals surface area contributed by atoms with Gasteiger partial charge in [0.2, 0.25) is 0 Å². The van der Waals surface area contributed by atoms with Crippen molar-refractivity contribution >= 4 is 28.9 Å². The molecule has 1 aromatic rings. The molecule has 1 aromatic heterocycles. The first-order valence-corrected chi connectivity index (χ1v) is 10.9. The van der Waals surface area contributed by atoms with Gasteiger partial charge in [-0.3, -0.25) is 9.89 Å². The van der Waals surface area contributed by atoms with Gasteiger partial charge < -0.3 is 15.0 Å². The lowest BCUT2D eigenvalue weighted by Gasteiger charge is -2.43. The van der Waals surface area contributed by atoms with E-state index in [-0.39, 0.29) is 5.54 Å². The highest BCUT2D eigenvalue weighted by atomic mass is 35.5. The van der Waals surface area contributed by atoms with E-state index in [1.54, 1.807) is 11.3 Å². The number of thiophene rings is 1. The fourth-order valence-corrected chi connectivity index (χ4v) is 5.10. The van der Waals surface area contributed by atoms with E-state index in [1.165, 1.54) is 30.8 Å². The van der Waals surface area contributed by atoms with Gasteiger partial charge in [0, 0.05) is 37.2 Å². The minimum atomic E-state index is 0.169. The van der Waals surface area contributed by atoms with Crippen molar-refractivity contribution in [3.05, 3.63) is 21.3 Å². The van der Waals surface area contributed by atoms with Gasteiger partial charge in [-0.05, 0) is 57.8 Å². The van der Waals surface area contributed by atoms with E-state index in [2.05, 4.69) is 35.2 Å². The SMILES string of the molecule is CCNC(=NCC1(N2CCCC2)CCOCC1)N(C)Cc1ccc(Cl)s1. The Morgan fingerprint density at radius 3 is 2.69 bits per heavy atom. The van der Waals surface area contributed by atoms with Crippen molar-refractivity contribution < 1.29 is 4.74 Å². The summed E-state index contributed by atoms with van der Waals surface area (Å²) in [5.41, 5.74) is 0.169. The summed E-state index contributed by atoms with van der Waals surface area (Å²) in [5, 5.41) is 3.45. The van der Waals surface area contributed by atoms with Crippen LogP contribution < -0.4 is 5.32 Å². The van der Waals surface area contributed by atoms with E-state index in [0.717, 1.165) is 56.0 Å². The molecule has 2 aliphatic heterocycles. The summed E-state index contributed by atoms with van der Waals surface area (Å²) in [6.45, 7) is 8.77. The van der Waals surface area contributed by atoms with Gasteiger partial charge in [-0.2, -0.15) is 0 Å². The number of aliphatic imine (C=N–C) groups is 1. The first-order chi connectivity index (χ1) is 12.6.